The van der Waals surface area contributed by atoms with Crippen molar-refractivity contribution >= 4 is 12.0 Å². The van der Waals surface area contributed by atoms with Gasteiger partial charge in [0, 0.05) is 12.1 Å². The van der Waals surface area contributed by atoms with E-state index in [9.17, 15) is 4.79 Å². The van der Waals surface area contributed by atoms with E-state index in [2.05, 4.69) is 5.32 Å². The molecule has 2 aromatic rings. The van der Waals surface area contributed by atoms with Crippen molar-refractivity contribution in [3.05, 3.63) is 59.2 Å². The maximum Gasteiger partial charge on any atom is 0.247 e. The minimum Gasteiger partial charge on any atom is -0.497 e. The lowest BCUT2D eigenvalue weighted by Crippen LogP contribution is -2.23. The number of benzene rings is 2. The van der Waals surface area contributed by atoms with Crippen molar-refractivity contribution in [1.82, 2.24) is 5.32 Å². The van der Waals surface area contributed by atoms with E-state index in [-0.39, 0.29) is 5.91 Å². The molecule has 1 amide bonds. The minimum atomic E-state index is -0.120. The van der Waals surface area contributed by atoms with Gasteiger partial charge < -0.3 is 19.5 Å². The minimum absolute atomic E-state index is 0.120. The van der Waals surface area contributed by atoms with Crippen LogP contribution in [0, 0.1) is 0 Å². The summed E-state index contributed by atoms with van der Waals surface area (Å²) < 4.78 is 15.6. The lowest BCUT2D eigenvalue weighted by atomic mass is 10.1. The highest BCUT2D eigenvalue weighted by Crippen LogP contribution is 2.28. The van der Waals surface area contributed by atoms with E-state index >= 15 is 0 Å². The van der Waals surface area contributed by atoms with Crippen LogP contribution >= 0.6 is 0 Å². The fourth-order valence-corrected chi connectivity index (χ4v) is 2.32. The van der Waals surface area contributed by atoms with E-state index in [4.69, 9.17) is 14.2 Å². The Morgan fingerprint density at radius 1 is 0.960 bits per heavy atom. The van der Waals surface area contributed by atoms with Gasteiger partial charge in [-0.15, -0.1) is 0 Å². The third-order valence-corrected chi connectivity index (χ3v) is 3.76. The van der Waals surface area contributed by atoms with Crippen LogP contribution in [0.1, 0.15) is 18.1 Å². The number of rotatable bonds is 7. The third kappa shape index (κ3) is 5.01. The number of carbonyl (C=O) groups is 1. The molecule has 5 nitrogen and oxygen atoms in total. The maximum absolute atomic E-state index is 12.3. The van der Waals surface area contributed by atoms with Gasteiger partial charge in [0.15, 0.2) is 11.5 Å². The number of amides is 1. The maximum atomic E-state index is 12.3. The quantitative estimate of drug-likeness (QED) is 0.784. The predicted molar refractivity (Wildman–Crippen MR) is 98.0 cm³/mol. The molecule has 1 N–H and O–H groups in total. The number of carbonyl (C=O) groups excluding carboxylic acids is 1. The van der Waals surface area contributed by atoms with Crippen LogP contribution in [0.5, 0.6) is 17.2 Å². The summed E-state index contributed by atoms with van der Waals surface area (Å²) >= 11 is 0. The largest absolute Gasteiger partial charge is 0.497 e. The highest BCUT2D eigenvalue weighted by Gasteiger charge is 2.07. The highest BCUT2D eigenvalue weighted by molar-refractivity contribution is 5.97. The Hall–Kier alpha value is -2.95. The molecule has 0 aliphatic rings. The summed E-state index contributed by atoms with van der Waals surface area (Å²) in [5.41, 5.74) is 2.49. The van der Waals surface area contributed by atoms with Crippen LogP contribution in [-0.4, -0.2) is 27.2 Å². The van der Waals surface area contributed by atoms with Gasteiger partial charge in [-0.1, -0.05) is 18.2 Å². The monoisotopic (exact) mass is 341 g/mol. The second-order valence-corrected chi connectivity index (χ2v) is 5.47. The Morgan fingerprint density at radius 2 is 1.64 bits per heavy atom. The summed E-state index contributed by atoms with van der Waals surface area (Å²) in [6.07, 6.45) is 1.81. The van der Waals surface area contributed by atoms with Crippen LogP contribution in [0.3, 0.4) is 0 Å². The molecule has 0 aromatic heterocycles. The zero-order valence-corrected chi connectivity index (χ0v) is 15.0. The molecule has 0 heterocycles. The van der Waals surface area contributed by atoms with E-state index in [1.54, 1.807) is 28.3 Å². The highest BCUT2D eigenvalue weighted by atomic mass is 16.5. The summed E-state index contributed by atoms with van der Waals surface area (Å²) in [5, 5.41) is 2.90. The summed E-state index contributed by atoms with van der Waals surface area (Å²) in [7, 11) is 4.80. The molecule has 0 fully saturated rings. The van der Waals surface area contributed by atoms with Crippen molar-refractivity contribution < 1.29 is 19.0 Å². The second kappa shape index (κ2) is 8.78. The van der Waals surface area contributed by atoms with Crippen molar-refractivity contribution in [1.29, 1.82) is 0 Å². The molecule has 0 saturated carbocycles. The molecule has 5 heteroatoms. The number of hydrogen-bond donors (Lipinski definition) is 1. The Balaban J connectivity index is 2.01. The van der Waals surface area contributed by atoms with Crippen molar-refractivity contribution in [2.24, 2.45) is 0 Å². The summed E-state index contributed by atoms with van der Waals surface area (Å²) in [4.78, 5) is 12.3. The van der Waals surface area contributed by atoms with Crippen LogP contribution in [0.25, 0.3) is 6.08 Å². The number of hydrogen-bond acceptors (Lipinski definition) is 4. The molecule has 0 atom stereocenters. The lowest BCUT2D eigenvalue weighted by Gasteiger charge is -2.09. The van der Waals surface area contributed by atoms with E-state index < -0.39 is 0 Å². The van der Waals surface area contributed by atoms with Gasteiger partial charge in [0.05, 0.1) is 21.3 Å². The van der Waals surface area contributed by atoms with Crippen LogP contribution in [0.2, 0.25) is 0 Å². The van der Waals surface area contributed by atoms with E-state index in [0.29, 0.717) is 23.6 Å². The normalized spacial score (nSPS) is 11.0. The second-order valence-electron chi connectivity index (χ2n) is 5.47. The van der Waals surface area contributed by atoms with Gasteiger partial charge in [0.2, 0.25) is 5.91 Å². The standard InChI is InChI=1S/C20H23NO4/c1-14(11-16-7-10-18(24-3)19(12-16)25-4)20(22)21-13-15-5-8-17(23-2)9-6-15/h5-12H,13H2,1-4H3,(H,21,22)/b14-11+. The van der Waals surface area contributed by atoms with Crippen LogP contribution in [-0.2, 0) is 11.3 Å². The third-order valence-electron chi connectivity index (χ3n) is 3.76. The van der Waals surface area contributed by atoms with Gasteiger partial charge in [0.25, 0.3) is 0 Å². The van der Waals surface area contributed by atoms with Crippen LogP contribution in [0.15, 0.2) is 48.0 Å². The van der Waals surface area contributed by atoms with Crippen molar-refractivity contribution in [2.75, 3.05) is 21.3 Å². The molecule has 25 heavy (non-hydrogen) atoms. The fourth-order valence-electron chi connectivity index (χ4n) is 2.32. The summed E-state index contributed by atoms with van der Waals surface area (Å²) in [6.45, 7) is 2.24. The molecular formula is C20H23NO4. The average molecular weight is 341 g/mol. The first kappa shape index (κ1) is 18.4. The van der Waals surface area contributed by atoms with E-state index in [0.717, 1.165) is 16.9 Å². The van der Waals surface area contributed by atoms with Gasteiger partial charge in [0.1, 0.15) is 5.75 Å². The first-order valence-electron chi connectivity index (χ1n) is 7.89. The predicted octanol–water partition coefficient (Wildman–Crippen LogP) is 3.43. The van der Waals surface area contributed by atoms with E-state index in [1.165, 1.54) is 0 Å². The van der Waals surface area contributed by atoms with Gasteiger partial charge in [-0.25, -0.2) is 0 Å². The number of nitrogens with one attached hydrogen (secondary N) is 1. The smallest absolute Gasteiger partial charge is 0.247 e. The van der Waals surface area contributed by atoms with Gasteiger partial charge >= 0.3 is 0 Å². The fraction of sp³-hybridized carbons (Fsp3) is 0.250. The Morgan fingerprint density at radius 3 is 2.24 bits per heavy atom. The Labute approximate surface area is 148 Å². The van der Waals surface area contributed by atoms with Crippen molar-refractivity contribution in [3.8, 4) is 17.2 Å². The lowest BCUT2D eigenvalue weighted by molar-refractivity contribution is -0.117. The zero-order valence-electron chi connectivity index (χ0n) is 15.0. The summed E-state index contributed by atoms with van der Waals surface area (Å²) in [5.74, 6) is 1.95. The van der Waals surface area contributed by atoms with E-state index in [1.807, 2.05) is 48.5 Å². The molecule has 0 aliphatic heterocycles. The zero-order chi connectivity index (χ0) is 18.2. The molecule has 0 saturated heterocycles. The molecule has 0 unspecified atom stereocenters. The molecule has 2 rings (SSSR count). The molecular weight excluding hydrogens is 318 g/mol. The number of methoxy groups -OCH3 is 3. The van der Waals surface area contributed by atoms with Crippen LogP contribution < -0.4 is 19.5 Å². The average Bonchev–Trinajstić information content (AvgIpc) is 2.66. The SMILES string of the molecule is COc1ccc(CNC(=O)/C(C)=C/c2ccc(OC)c(OC)c2)cc1. The number of ether oxygens (including phenoxy) is 3. The van der Waals surface area contributed by atoms with Crippen molar-refractivity contribution in [2.45, 2.75) is 13.5 Å². The van der Waals surface area contributed by atoms with Crippen LogP contribution in [0.4, 0.5) is 0 Å². The first-order chi connectivity index (χ1) is 12.1. The van der Waals surface area contributed by atoms with Gasteiger partial charge in [-0.05, 0) is 48.4 Å². The molecule has 0 radical (unpaired) electrons. The molecule has 132 valence electrons. The summed E-state index contributed by atoms with van der Waals surface area (Å²) in [6, 6.07) is 13.1. The molecule has 2 aromatic carbocycles. The first-order valence-corrected chi connectivity index (χ1v) is 7.89. The molecule has 0 spiro atoms. The van der Waals surface area contributed by atoms with Crippen molar-refractivity contribution in [3.63, 3.8) is 0 Å². The Kier molecular flexibility index (Phi) is 6.46. The molecule has 0 bridgehead atoms. The topological polar surface area (TPSA) is 56.8 Å². The van der Waals surface area contributed by atoms with Gasteiger partial charge in [-0.3, -0.25) is 4.79 Å². The van der Waals surface area contributed by atoms with Gasteiger partial charge in [-0.2, -0.15) is 0 Å². The molecule has 0 aliphatic carbocycles. The Bertz CT molecular complexity index is 751.